The number of imide groups is 1. The molecule has 8 N–H and O–H groups in total. The van der Waals surface area contributed by atoms with E-state index in [0.717, 1.165) is 11.8 Å². The van der Waals surface area contributed by atoms with Gasteiger partial charge in [0.1, 0.15) is 5.54 Å². The number of rotatable bonds is 12. The van der Waals surface area contributed by atoms with Gasteiger partial charge < -0.3 is 31.9 Å². The van der Waals surface area contributed by atoms with Gasteiger partial charge in [0.15, 0.2) is 11.7 Å². The summed E-state index contributed by atoms with van der Waals surface area (Å²) in [5, 5.41) is 30.3. The fourth-order valence-corrected chi connectivity index (χ4v) is 5.57. The average molecular weight is 644 g/mol. The fourth-order valence-electron chi connectivity index (χ4n) is 5.57. The number of nitrogens with one attached hydrogen (secondary N) is 2. The molecule has 0 saturated carbocycles. The third-order valence-corrected chi connectivity index (χ3v) is 7.87. The number of carboxylic acid groups (broad SMARTS) is 2. The van der Waals surface area contributed by atoms with Gasteiger partial charge in [-0.1, -0.05) is 60.7 Å². The van der Waals surface area contributed by atoms with Crippen LogP contribution in [0.3, 0.4) is 0 Å². The van der Waals surface area contributed by atoms with E-state index >= 15 is 0 Å². The van der Waals surface area contributed by atoms with Crippen LogP contribution in [0, 0.1) is 5.41 Å². The summed E-state index contributed by atoms with van der Waals surface area (Å²) in [6.45, 7) is 1.96. The Morgan fingerprint density at radius 2 is 1.51 bits per heavy atom. The minimum atomic E-state index is -3.34. The predicted octanol–water partition coefficient (Wildman–Crippen LogP) is 1.88. The van der Waals surface area contributed by atoms with Gasteiger partial charge in [-0.3, -0.25) is 29.5 Å². The monoisotopic (exact) mass is 643 g/mol. The van der Waals surface area contributed by atoms with E-state index in [1.165, 1.54) is 61.5 Å². The standard InChI is InChI=1S/C32H33N7O8/c1-19(40)32(28(45)46,38(23-11-7-4-8-12-23)26(43)24(33)17-25(41)42)39-27(44)31(2,21-13-15-22(16-14-21)36-29(34)35)37(30(39)47)18-20-9-5-3-6-10-20/h3-16,24H,17-18,33H2,1-2H3,(H,41,42)(H,45,46)(H4,34,35,36)/t24-,31+,32-/m0/s1. The molecule has 1 aliphatic rings. The Hall–Kier alpha value is -6.09. The van der Waals surface area contributed by atoms with E-state index in [-0.39, 0.29) is 28.7 Å². The summed E-state index contributed by atoms with van der Waals surface area (Å²) < 4.78 is 0. The molecule has 0 spiro atoms. The molecule has 0 radical (unpaired) electrons. The highest BCUT2D eigenvalue weighted by Crippen LogP contribution is 2.44. The average Bonchev–Trinajstić information content (AvgIpc) is 3.20. The maximum absolute atomic E-state index is 14.8. The molecule has 1 aliphatic heterocycles. The number of para-hydroxylation sites is 1. The second-order valence-electron chi connectivity index (χ2n) is 10.9. The number of benzene rings is 3. The highest BCUT2D eigenvalue weighted by molar-refractivity contribution is 6.24. The quantitative estimate of drug-likeness (QED) is 0.0720. The van der Waals surface area contributed by atoms with E-state index in [2.05, 4.69) is 5.32 Å². The number of Topliss-reactive ketones (excluding diaryl/α,β-unsaturated/α-hetero) is 1. The summed E-state index contributed by atoms with van der Waals surface area (Å²) in [7, 11) is 0. The van der Waals surface area contributed by atoms with Gasteiger partial charge >= 0.3 is 18.0 Å². The lowest BCUT2D eigenvalue weighted by Crippen LogP contribution is -2.74. The molecular formula is C32H33N7O8. The van der Waals surface area contributed by atoms with Crippen LogP contribution >= 0.6 is 0 Å². The summed E-state index contributed by atoms with van der Waals surface area (Å²) in [6.07, 6.45) is -0.948. The number of hydrogen-bond donors (Lipinski definition) is 6. The molecule has 0 aliphatic carbocycles. The molecule has 3 atom stereocenters. The van der Waals surface area contributed by atoms with Crippen molar-refractivity contribution in [3.63, 3.8) is 0 Å². The van der Waals surface area contributed by atoms with Crippen molar-refractivity contribution >= 4 is 52.9 Å². The first kappa shape index (κ1) is 33.8. The molecule has 1 fully saturated rings. The van der Waals surface area contributed by atoms with Crippen molar-refractivity contribution in [2.75, 3.05) is 10.2 Å². The molecule has 0 aromatic heterocycles. The highest BCUT2D eigenvalue weighted by atomic mass is 16.4. The molecule has 4 rings (SSSR count). The van der Waals surface area contributed by atoms with Crippen LogP contribution in [0.5, 0.6) is 0 Å². The van der Waals surface area contributed by atoms with Crippen LogP contribution in [0.25, 0.3) is 0 Å². The van der Waals surface area contributed by atoms with Gasteiger partial charge in [0.2, 0.25) is 5.91 Å². The summed E-state index contributed by atoms with van der Waals surface area (Å²) in [5.74, 6) is -7.70. The molecule has 0 unspecified atom stereocenters. The SMILES string of the molecule is CC(=O)[C@@](C(=O)O)(N1C(=O)N(Cc2ccccc2)[C@](C)(c2ccc(NC(=N)N)cc2)C1=O)N(C(=O)[C@@H](N)CC(=O)O)c1ccccc1. The summed E-state index contributed by atoms with van der Waals surface area (Å²) in [4.78, 5) is 83.8. The Labute approximate surface area is 268 Å². The number of aliphatic carboxylic acids is 2. The largest absolute Gasteiger partial charge is 0.481 e. The first-order valence-corrected chi connectivity index (χ1v) is 14.2. The van der Waals surface area contributed by atoms with E-state index in [1.54, 1.807) is 30.3 Å². The zero-order valence-corrected chi connectivity index (χ0v) is 25.4. The lowest BCUT2D eigenvalue weighted by Gasteiger charge is -2.43. The third kappa shape index (κ3) is 5.98. The van der Waals surface area contributed by atoms with Gasteiger partial charge in [0.25, 0.3) is 11.6 Å². The van der Waals surface area contributed by atoms with Crippen LogP contribution in [0.4, 0.5) is 16.2 Å². The minimum absolute atomic E-state index is 0.200. The molecule has 4 amide bonds. The van der Waals surface area contributed by atoms with Crippen molar-refractivity contribution < 1.29 is 39.0 Å². The van der Waals surface area contributed by atoms with Crippen LogP contribution in [0.1, 0.15) is 31.4 Å². The number of ketones is 1. The molecule has 0 bridgehead atoms. The second-order valence-corrected chi connectivity index (χ2v) is 10.9. The minimum Gasteiger partial charge on any atom is -0.481 e. The fraction of sp³-hybridized carbons (Fsp3) is 0.219. The zero-order valence-electron chi connectivity index (χ0n) is 25.4. The third-order valence-electron chi connectivity index (χ3n) is 7.87. The van der Waals surface area contributed by atoms with Crippen molar-refractivity contribution in [3.8, 4) is 0 Å². The highest BCUT2D eigenvalue weighted by Gasteiger charge is 2.69. The molecule has 1 saturated heterocycles. The van der Waals surface area contributed by atoms with Gasteiger partial charge in [-0.2, -0.15) is 0 Å². The number of amides is 4. The maximum atomic E-state index is 14.8. The molecular weight excluding hydrogens is 610 g/mol. The number of carbonyl (C=O) groups is 6. The van der Waals surface area contributed by atoms with Gasteiger partial charge in [0, 0.05) is 17.9 Å². The van der Waals surface area contributed by atoms with Crippen LogP contribution in [-0.2, 0) is 36.1 Å². The normalized spacial score (nSPS) is 17.9. The van der Waals surface area contributed by atoms with Crippen molar-refractivity contribution in [1.29, 1.82) is 5.41 Å². The molecule has 3 aromatic carbocycles. The summed E-state index contributed by atoms with van der Waals surface area (Å²) in [6, 6.07) is 18.2. The number of nitrogens with zero attached hydrogens (tertiary/aromatic N) is 3. The van der Waals surface area contributed by atoms with E-state index in [9.17, 15) is 39.0 Å². The topological polar surface area (TPSA) is 241 Å². The number of urea groups is 1. The maximum Gasteiger partial charge on any atom is 0.360 e. The first-order chi connectivity index (χ1) is 22.2. The Balaban J connectivity index is 2.01. The van der Waals surface area contributed by atoms with Crippen LogP contribution in [0.2, 0.25) is 0 Å². The molecule has 1 heterocycles. The van der Waals surface area contributed by atoms with Crippen molar-refractivity contribution in [2.45, 2.75) is 44.1 Å². The smallest absolute Gasteiger partial charge is 0.360 e. The molecule has 244 valence electrons. The van der Waals surface area contributed by atoms with Crippen LogP contribution < -0.4 is 21.7 Å². The molecule has 15 nitrogen and oxygen atoms in total. The van der Waals surface area contributed by atoms with Crippen LogP contribution in [-0.4, -0.2) is 73.2 Å². The molecule has 47 heavy (non-hydrogen) atoms. The van der Waals surface area contributed by atoms with Gasteiger partial charge in [-0.15, -0.1) is 0 Å². The van der Waals surface area contributed by atoms with Crippen molar-refractivity contribution in [2.24, 2.45) is 11.5 Å². The Kier molecular flexibility index (Phi) is 9.42. The zero-order chi connectivity index (χ0) is 34.7. The Morgan fingerprint density at radius 1 is 0.957 bits per heavy atom. The molecule has 3 aromatic rings. The summed E-state index contributed by atoms with van der Waals surface area (Å²) in [5.41, 5.74) is 6.97. The number of carbonyl (C=O) groups excluding carboxylic acids is 4. The lowest BCUT2D eigenvalue weighted by atomic mass is 9.88. The summed E-state index contributed by atoms with van der Waals surface area (Å²) >= 11 is 0. The number of carboxylic acids is 2. The van der Waals surface area contributed by atoms with Gasteiger partial charge in [0.05, 0.1) is 12.5 Å². The predicted molar refractivity (Wildman–Crippen MR) is 169 cm³/mol. The lowest BCUT2D eigenvalue weighted by molar-refractivity contribution is -0.162. The Bertz CT molecular complexity index is 1720. The van der Waals surface area contributed by atoms with Crippen LogP contribution in [0.15, 0.2) is 84.9 Å². The van der Waals surface area contributed by atoms with E-state index in [4.69, 9.17) is 16.9 Å². The number of guanidine groups is 1. The number of nitrogens with two attached hydrogens (primary N) is 2. The first-order valence-electron chi connectivity index (χ1n) is 14.2. The van der Waals surface area contributed by atoms with Gasteiger partial charge in [-0.05, 0) is 49.2 Å². The second kappa shape index (κ2) is 13.1. The van der Waals surface area contributed by atoms with E-state index in [1.807, 2.05) is 0 Å². The van der Waals surface area contributed by atoms with Crippen molar-refractivity contribution in [1.82, 2.24) is 9.80 Å². The van der Waals surface area contributed by atoms with Gasteiger partial charge in [-0.25, -0.2) is 14.5 Å². The van der Waals surface area contributed by atoms with Crippen molar-refractivity contribution in [3.05, 3.63) is 96.1 Å². The Morgan fingerprint density at radius 3 is 2.00 bits per heavy atom. The number of anilines is 2. The van der Waals surface area contributed by atoms with E-state index in [0.29, 0.717) is 16.2 Å². The molecule has 15 heteroatoms. The van der Waals surface area contributed by atoms with E-state index < -0.39 is 59.2 Å². The number of hydrogen-bond acceptors (Lipinski definition) is 8.